The van der Waals surface area contributed by atoms with Gasteiger partial charge >= 0.3 is 0 Å². The maximum absolute atomic E-state index is 12.3. The Bertz CT molecular complexity index is 804. The Morgan fingerprint density at radius 3 is 2.64 bits per heavy atom. The quantitative estimate of drug-likeness (QED) is 0.760. The van der Waals surface area contributed by atoms with Gasteiger partial charge in [0.25, 0.3) is 5.91 Å². The van der Waals surface area contributed by atoms with Gasteiger partial charge in [-0.3, -0.25) is 4.79 Å². The topological polar surface area (TPSA) is 54.1 Å². The van der Waals surface area contributed by atoms with Crippen molar-refractivity contribution in [1.29, 1.82) is 0 Å². The van der Waals surface area contributed by atoms with Gasteiger partial charge in [-0.1, -0.05) is 12.1 Å². The van der Waals surface area contributed by atoms with Crippen LogP contribution in [0.5, 0.6) is 5.75 Å². The van der Waals surface area contributed by atoms with E-state index in [2.05, 4.69) is 10.3 Å². The van der Waals surface area contributed by atoms with E-state index in [-0.39, 0.29) is 5.91 Å². The van der Waals surface area contributed by atoms with Gasteiger partial charge in [-0.05, 0) is 55.8 Å². The van der Waals surface area contributed by atoms with Crippen LogP contribution in [0.15, 0.2) is 48.5 Å². The zero-order valence-electron chi connectivity index (χ0n) is 12.6. The predicted octanol–water partition coefficient (Wildman–Crippen LogP) is 4.13. The summed E-state index contributed by atoms with van der Waals surface area (Å²) in [7, 11) is 0. The number of ether oxygens (including phenoxy) is 1. The largest absolute Gasteiger partial charge is 0.494 e. The van der Waals surface area contributed by atoms with Crippen LogP contribution in [-0.2, 0) is 0 Å². The highest BCUT2D eigenvalue weighted by Crippen LogP contribution is 2.19. The smallest absolute Gasteiger partial charge is 0.272 e. The molecule has 1 heterocycles. The molecule has 1 aromatic heterocycles. The number of aromatic nitrogens is 1. The van der Waals surface area contributed by atoms with E-state index in [0.29, 0.717) is 12.3 Å². The Hall–Kier alpha value is -2.75. The van der Waals surface area contributed by atoms with Crippen molar-refractivity contribution >= 4 is 22.5 Å². The summed E-state index contributed by atoms with van der Waals surface area (Å²) in [5, 5.41) is 3.91. The minimum absolute atomic E-state index is 0.155. The fourth-order valence-electron chi connectivity index (χ4n) is 2.36. The first-order valence-corrected chi connectivity index (χ1v) is 7.29. The van der Waals surface area contributed by atoms with E-state index in [4.69, 9.17) is 4.74 Å². The summed E-state index contributed by atoms with van der Waals surface area (Å²) < 4.78 is 5.38. The summed E-state index contributed by atoms with van der Waals surface area (Å²) in [4.78, 5) is 15.5. The first kappa shape index (κ1) is 14.2. The lowest BCUT2D eigenvalue weighted by atomic mass is 10.2. The Balaban J connectivity index is 1.77. The zero-order chi connectivity index (χ0) is 15.5. The summed E-state index contributed by atoms with van der Waals surface area (Å²) >= 11 is 0. The summed E-state index contributed by atoms with van der Waals surface area (Å²) in [5.74, 6) is 0.639. The second kappa shape index (κ2) is 5.93. The summed E-state index contributed by atoms with van der Waals surface area (Å²) in [6.45, 7) is 4.59. The van der Waals surface area contributed by atoms with Crippen molar-refractivity contribution in [1.82, 2.24) is 4.98 Å². The molecule has 4 nitrogen and oxygen atoms in total. The third-order valence-electron chi connectivity index (χ3n) is 3.45. The van der Waals surface area contributed by atoms with Crippen molar-refractivity contribution in [2.24, 2.45) is 0 Å². The zero-order valence-corrected chi connectivity index (χ0v) is 12.6. The minimum Gasteiger partial charge on any atom is -0.494 e. The number of aromatic amines is 1. The molecule has 0 bridgehead atoms. The molecule has 0 aliphatic carbocycles. The van der Waals surface area contributed by atoms with Crippen LogP contribution in [-0.4, -0.2) is 17.5 Å². The third-order valence-corrected chi connectivity index (χ3v) is 3.45. The molecule has 0 saturated heterocycles. The maximum Gasteiger partial charge on any atom is 0.272 e. The Kier molecular flexibility index (Phi) is 3.83. The molecule has 2 N–H and O–H groups in total. The minimum atomic E-state index is -0.155. The molecular weight excluding hydrogens is 276 g/mol. The number of anilines is 1. The van der Waals surface area contributed by atoms with Crippen LogP contribution in [0, 0.1) is 6.92 Å². The highest BCUT2D eigenvalue weighted by atomic mass is 16.5. The van der Waals surface area contributed by atoms with Crippen molar-refractivity contribution in [2.75, 3.05) is 11.9 Å². The monoisotopic (exact) mass is 294 g/mol. The number of aryl methyl sites for hydroxylation is 1. The van der Waals surface area contributed by atoms with Gasteiger partial charge < -0.3 is 15.0 Å². The van der Waals surface area contributed by atoms with Crippen molar-refractivity contribution < 1.29 is 9.53 Å². The third kappa shape index (κ3) is 2.96. The van der Waals surface area contributed by atoms with Crippen LogP contribution < -0.4 is 10.1 Å². The molecule has 0 atom stereocenters. The fraction of sp³-hybridized carbons (Fsp3) is 0.167. The van der Waals surface area contributed by atoms with Gasteiger partial charge in [-0.25, -0.2) is 0 Å². The normalized spacial score (nSPS) is 10.6. The summed E-state index contributed by atoms with van der Waals surface area (Å²) in [6.07, 6.45) is 0. The molecule has 0 unspecified atom stereocenters. The van der Waals surface area contributed by atoms with Crippen molar-refractivity contribution in [2.45, 2.75) is 13.8 Å². The lowest BCUT2D eigenvalue weighted by Crippen LogP contribution is -2.12. The molecule has 0 saturated carbocycles. The van der Waals surface area contributed by atoms with Crippen LogP contribution in [0.3, 0.4) is 0 Å². The predicted molar refractivity (Wildman–Crippen MR) is 88.6 cm³/mol. The molecule has 1 amide bonds. The number of amides is 1. The van der Waals surface area contributed by atoms with E-state index in [1.807, 2.05) is 62.4 Å². The number of carbonyl (C=O) groups excluding carboxylic acids is 1. The molecule has 0 spiro atoms. The van der Waals surface area contributed by atoms with Gasteiger partial charge in [0.2, 0.25) is 0 Å². The van der Waals surface area contributed by atoms with E-state index in [0.717, 1.165) is 27.9 Å². The average molecular weight is 294 g/mol. The van der Waals surface area contributed by atoms with Crippen molar-refractivity contribution in [3.8, 4) is 5.75 Å². The lowest BCUT2D eigenvalue weighted by Gasteiger charge is -2.06. The molecule has 2 aromatic carbocycles. The number of nitrogens with one attached hydrogen (secondary N) is 2. The van der Waals surface area contributed by atoms with Crippen LogP contribution in [0.2, 0.25) is 0 Å². The molecule has 3 aromatic rings. The molecule has 4 heteroatoms. The van der Waals surface area contributed by atoms with Crippen LogP contribution >= 0.6 is 0 Å². The molecule has 0 radical (unpaired) electrons. The number of rotatable bonds is 4. The molecular formula is C18H18N2O2. The first-order valence-electron chi connectivity index (χ1n) is 7.29. The van der Waals surface area contributed by atoms with Crippen molar-refractivity contribution in [3.63, 3.8) is 0 Å². The van der Waals surface area contributed by atoms with Crippen LogP contribution in [0.25, 0.3) is 10.9 Å². The van der Waals surface area contributed by atoms with Gasteiger partial charge in [0.05, 0.1) is 6.61 Å². The number of carbonyl (C=O) groups is 1. The van der Waals surface area contributed by atoms with Gasteiger partial charge in [-0.2, -0.15) is 0 Å². The molecule has 0 aliphatic rings. The Morgan fingerprint density at radius 2 is 1.91 bits per heavy atom. The van der Waals surface area contributed by atoms with Gasteiger partial charge in [0, 0.05) is 16.6 Å². The SMILES string of the molecule is CCOc1ccc(NC(=O)c2cc3ccc(C)cc3[nH]2)cc1. The molecule has 0 fully saturated rings. The second-order valence-corrected chi connectivity index (χ2v) is 5.19. The van der Waals surface area contributed by atoms with E-state index in [1.54, 1.807) is 0 Å². The molecule has 112 valence electrons. The molecule has 0 aliphatic heterocycles. The lowest BCUT2D eigenvalue weighted by molar-refractivity contribution is 0.102. The number of H-pyrrole nitrogens is 1. The summed E-state index contributed by atoms with van der Waals surface area (Å²) in [5.41, 5.74) is 3.42. The van der Waals surface area contributed by atoms with Gasteiger partial charge in [0.15, 0.2) is 0 Å². The second-order valence-electron chi connectivity index (χ2n) is 5.19. The highest BCUT2D eigenvalue weighted by molar-refractivity contribution is 6.05. The molecule has 22 heavy (non-hydrogen) atoms. The maximum atomic E-state index is 12.3. The van der Waals surface area contributed by atoms with Crippen molar-refractivity contribution in [3.05, 3.63) is 59.8 Å². The first-order chi connectivity index (χ1) is 10.7. The van der Waals surface area contributed by atoms with Gasteiger partial charge in [-0.15, -0.1) is 0 Å². The fourth-order valence-corrected chi connectivity index (χ4v) is 2.36. The number of hydrogen-bond acceptors (Lipinski definition) is 2. The Labute approximate surface area is 129 Å². The Morgan fingerprint density at radius 1 is 1.14 bits per heavy atom. The van der Waals surface area contributed by atoms with E-state index in [1.165, 1.54) is 0 Å². The highest BCUT2D eigenvalue weighted by Gasteiger charge is 2.10. The van der Waals surface area contributed by atoms with E-state index in [9.17, 15) is 4.79 Å². The van der Waals surface area contributed by atoms with Crippen LogP contribution in [0.4, 0.5) is 5.69 Å². The average Bonchev–Trinajstić information content (AvgIpc) is 2.92. The van der Waals surface area contributed by atoms with E-state index >= 15 is 0 Å². The van der Waals surface area contributed by atoms with Crippen LogP contribution in [0.1, 0.15) is 23.0 Å². The standard InChI is InChI=1S/C18H18N2O2/c1-3-22-15-8-6-14(7-9-15)19-18(21)17-11-13-5-4-12(2)10-16(13)20-17/h4-11,20H,3H2,1-2H3,(H,19,21). The summed E-state index contributed by atoms with van der Waals surface area (Å²) in [6, 6.07) is 15.3. The number of fused-ring (bicyclic) bond motifs is 1. The van der Waals surface area contributed by atoms with E-state index < -0.39 is 0 Å². The van der Waals surface area contributed by atoms with Gasteiger partial charge in [0.1, 0.15) is 11.4 Å². The number of benzene rings is 2. The molecule has 3 rings (SSSR count). The number of hydrogen-bond donors (Lipinski definition) is 2.